The lowest BCUT2D eigenvalue weighted by Crippen LogP contribution is -2.36. The van der Waals surface area contributed by atoms with E-state index in [4.69, 9.17) is 11.6 Å². The van der Waals surface area contributed by atoms with Crippen LogP contribution < -0.4 is 10.0 Å². The molecule has 1 aromatic heterocycles. The second-order valence-electron chi connectivity index (χ2n) is 8.74. The molecule has 1 aliphatic heterocycles. The second-order valence-corrected chi connectivity index (χ2v) is 11.0. The van der Waals surface area contributed by atoms with E-state index < -0.39 is 10.0 Å². The van der Waals surface area contributed by atoms with E-state index in [0.29, 0.717) is 29.4 Å². The van der Waals surface area contributed by atoms with Crippen molar-refractivity contribution in [2.75, 3.05) is 18.9 Å². The first-order chi connectivity index (χ1) is 16.6. The Labute approximate surface area is 210 Å². The minimum atomic E-state index is -3.66. The Morgan fingerprint density at radius 1 is 1.11 bits per heavy atom. The number of halogens is 1. The summed E-state index contributed by atoms with van der Waals surface area (Å²) >= 11 is 6.02. The van der Waals surface area contributed by atoms with Gasteiger partial charge in [-0.25, -0.2) is 17.9 Å². The molecule has 35 heavy (non-hydrogen) atoms. The lowest BCUT2D eigenvalue weighted by molar-refractivity contribution is 0.203. The van der Waals surface area contributed by atoms with Gasteiger partial charge in [0.25, 0.3) is 0 Å². The van der Waals surface area contributed by atoms with Crippen molar-refractivity contribution in [3.63, 3.8) is 0 Å². The first-order valence-corrected chi connectivity index (χ1v) is 13.2. The van der Waals surface area contributed by atoms with Crippen molar-refractivity contribution >= 4 is 33.3 Å². The van der Waals surface area contributed by atoms with Crippen LogP contribution in [0.5, 0.6) is 0 Å². The summed E-state index contributed by atoms with van der Waals surface area (Å²) in [6.07, 6.45) is 1.59. The molecule has 0 saturated carbocycles. The average Bonchev–Trinajstić information content (AvgIpc) is 3.44. The van der Waals surface area contributed by atoms with Crippen LogP contribution in [0.1, 0.15) is 47.2 Å². The van der Waals surface area contributed by atoms with E-state index in [1.165, 1.54) is 13.1 Å². The fourth-order valence-corrected chi connectivity index (χ4v) is 5.55. The van der Waals surface area contributed by atoms with E-state index in [9.17, 15) is 13.2 Å². The highest BCUT2D eigenvalue weighted by molar-refractivity contribution is 7.89. The summed E-state index contributed by atoms with van der Waals surface area (Å²) in [5.74, 6) is 1.49. The zero-order chi connectivity index (χ0) is 25.3. The van der Waals surface area contributed by atoms with Crippen molar-refractivity contribution in [2.45, 2.75) is 51.1 Å². The normalized spacial score (nSPS) is 16.0. The maximum Gasteiger partial charge on any atom is 0.322 e. The number of hydrogen-bond donors (Lipinski definition) is 2. The Morgan fingerprint density at radius 3 is 2.51 bits per heavy atom. The highest BCUT2D eigenvalue weighted by atomic mass is 35.5. The number of urea groups is 1. The minimum Gasteiger partial charge on any atom is -0.314 e. The van der Waals surface area contributed by atoms with Crippen LogP contribution in [0.3, 0.4) is 0 Å². The molecule has 1 saturated heterocycles. The Hall–Kier alpha value is -2.95. The third-order valence-electron chi connectivity index (χ3n) is 6.35. The number of rotatable bonds is 6. The van der Waals surface area contributed by atoms with Gasteiger partial charge in [-0.15, -0.1) is 10.2 Å². The number of hydrogen-bond acceptors (Lipinski definition) is 5. The van der Waals surface area contributed by atoms with Crippen molar-refractivity contribution < 1.29 is 13.2 Å². The number of sulfonamides is 1. The van der Waals surface area contributed by atoms with Gasteiger partial charge in [-0.05, 0) is 75.5 Å². The van der Waals surface area contributed by atoms with Gasteiger partial charge in [0.2, 0.25) is 10.0 Å². The van der Waals surface area contributed by atoms with Crippen LogP contribution in [0, 0.1) is 20.8 Å². The number of nitrogens with one attached hydrogen (secondary N) is 2. The maximum atomic E-state index is 13.4. The smallest absolute Gasteiger partial charge is 0.314 e. The predicted octanol–water partition coefficient (Wildman–Crippen LogP) is 4.18. The molecule has 0 spiro atoms. The molecule has 2 aromatic carbocycles. The molecule has 4 rings (SSSR count). The number of amides is 2. The molecule has 1 atom stereocenters. The summed E-state index contributed by atoms with van der Waals surface area (Å²) in [7, 11) is -2.29. The molecule has 0 aliphatic carbocycles. The number of aromatic nitrogens is 3. The Bertz CT molecular complexity index is 1350. The van der Waals surface area contributed by atoms with E-state index in [-0.39, 0.29) is 17.0 Å². The summed E-state index contributed by atoms with van der Waals surface area (Å²) in [4.78, 5) is 15.2. The summed E-state index contributed by atoms with van der Waals surface area (Å²) in [6.45, 7) is 6.60. The number of likely N-dealkylation sites (tertiary alicyclic amines) is 1. The fourth-order valence-electron chi connectivity index (χ4n) is 4.44. The molecule has 2 amide bonds. The molecule has 2 heterocycles. The largest absolute Gasteiger partial charge is 0.322 e. The van der Waals surface area contributed by atoms with Crippen LogP contribution in [0.15, 0.2) is 41.3 Å². The third-order valence-corrected chi connectivity index (χ3v) is 8.16. The molecule has 0 radical (unpaired) electrons. The Kier molecular flexibility index (Phi) is 7.16. The highest BCUT2D eigenvalue weighted by Crippen LogP contribution is 2.33. The Morgan fingerprint density at radius 2 is 1.83 bits per heavy atom. The number of benzene rings is 2. The lowest BCUT2D eigenvalue weighted by Gasteiger charge is -2.25. The number of nitrogens with zero attached hydrogens (tertiary/aromatic N) is 4. The number of anilines is 1. The van der Waals surface area contributed by atoms with Crippen LogP contribution in [0.4, 0.5) is 10.5 Å². The van der Waals surface area contributed by atoms with E-state index >= 15 is 0 Å². The zero-order valence-electron chi connectivity index (χ0n) is 20.2. The average molecular weight is 517 g/mol. The first kappa shape index (κ1) is 25.2. The number of carbonyl (C=O) groups excluding carboxylic acids is 1. The van der Waals surface area contributed by atoms with Crippen LogP contribution in [0.2, 0.25) is 5.02 Å². The summed E-state index contributed by atoms with van der Waals surface area (Å²) in [5.41, 5.74) is 2.91. The third kappa shape index (κ3) is 5.19. The quantitative estimate of drug-likeness (QED) is 0.510. The van der Waals surface area contributed by atoms with Crippen LogP contribution >= 0.6 is 11.6 Å². The molecule has 2 N–H and O–H groups in total. The van der Waals surface area contributed by atoms with Crippen molar-refractivity contribution in [1.82, 2.24) is 24.4 Å². The van der Waals surface area contributed by atoms with Gasteiger partial charge in [0.15, 0.2) is 5.82 Å². The van der Waals surface area contributed by atoms with Gasteiger partial charge in [0.1, 0.15) is 5.82 Å². The fraction of sp³-hybridized carbons (Fsp3) is 0.375. The van der Waals surface area contributed by atoms with Gasteiger partial charge < -0.3 is 14.8 Å². The minimum absolute atomic E-state index is 0.136. The molecule has 3 aromatic rings. The van der Waals surface area contributed by atoms with E-state index in [0.717, 1.165) is 35.6 Å². The molecule has 11 heteroatoms. The summed E-state index contributed by atoms with van der Waals surface area (Å²) in [6, 6.07) is 10.3. The van der Waals surface area contributed by atoms with E-state index in [1.807, 2.05) is 42.7 Å². The van der Waals surface area contributed by atoms with Crippen molar-refractivity contribution in [3.05, 3.63) is 69.8 Å². The Balaban J connectivity index is 1.59. The van der Waals surface area contributed by atoms with E-state index in [2.05, 4.69) is 20.2 Å². The molecule has 9 nitrogen and oxygen atoms in total. The van der Waals surface area contributed by atoms with Crippen molar-refractivity contribution in [2.24, 2.45) is 0 Å². The monoisotopic (exact) mass is 516 g/mol. The van der Waals surface area contributed by atoms with Crippen LogP contribution in [0.25, 0.3) is 0 Å². The van der Waals surface area contributed by atoms with Crippen LogP contribution in [-0.2, 0) is 16.6 Å². The molecule has 1 fully saturated rings. The van der Waals surface area contributed by atoms with Crippen molar-refractivity contribution in [3.8, 4) is 0 Å². The van der Waals surface area contributed by atoms with Gasteiger partial charge in [-0.1, -0.05) is 29.8 Å². The van der Waals surface area contributed by atoms with Gasteiger partial charge in [0, 0.05) is 17.3 Å². The predicted molar refractivity (Wildman–Crippen MR) is 135 cm³/mol. The van der Waals surface area contributed by atoms with Gasteiger partial charge in [-0.3, -0.25) is 0 Å². The standard InChI is InChI=1S/C24H29ClN6O3S/c1-15-12-16(2)22(35(33,34)26-4)13-20(15)27-24(32)30-11-5-6-21(30)23-29-28-17(3)31(23)14-18-7-9-19(25)10-8-18/h7-10,12-13,21,26H,5-6,11,14H2,1-4H3,(H,27,32)/t21-/m1/s1. The van der Waals surface area contributed by atoms with Gasteiger partial charge >= 0.3 is 6.03 Å². The van der Waals surface area contributed by atoms with Gasteiger partial charge in [-0.2, -0.15) is 0 Å². The molecule has 0 unspecified atom stereocenters. The number of carbonyl (C=O) groups is 1. The maximum absolute atomic E-state index is 13.4. The topological polar surface area (TPSA) is 109 Å². The SMILES string of the molecule is CNS(=O)(=O)c1cc(NC(=O)N2CCC[C@@H]2c2nnc(C)n2Cc2ccc(Cl)cc2)c(C)cc1C. The second kappa shape index (κ2) is 9.96. The van der Waals surface area contributed by atoms with E-state index in [1.54, 1.807) is 17.9 Å². The zero-order valence-corrected chi connectivity index (χ0v) is 21.7. The molecule has 186 valence electrons. The van der Waals surface area contributed by atoms with Crippen LogP contribution in [-0.4, -0.2) is 47.7 Å². The number of aryl methyl sites for hydroxylation is 3. The van der Waals surface area contributed by atoms with Crippen molar-refractivity contribution in [1.29, 1.82) is 0 Å². The summed E-state index contributed by atoms with van der Waals surface area (Å²) in [5, 5.41) is 12.3. The molecular weight excluding hydrogens is 488 g/mol. The molecule has 1 aliphatic rings. The highest BCUT2D eigenvalue weighted by Gasteiger charge is 2.34. The summed E-state index contributed by atoms with van der Waals surface area (Å²) < 4.78 is 29.2. The first-order valence-electron chi connectivity index (χ1n) is 11.4. The molecular formula is C24H29ClN6O3S. The van der Waals surface area contributed by atoms with Gasteiger partial charge in [0.05, 0.1) is 17.5 Å². The lowest BCUT2D eigenvalue weighted by atomic mass is 10.1. The molecule has 0 bridgehead atoms.